The van der Waals surface area contributed by atoms with E-state index in [-0.39, 0.29) is 11.5 Å². The Hall–Kier alpha value is -4.33. The lowest BCUT2D eigenvalue weighted by molar-refractivity contribution is -0.383. The van der Waals surface area contributed by atoms with Crippen molar-refractivity contribution >= 4 is 22.3 Å². The number of nitro benzene ring substituents is 1. The normalized spacial score (nSPS) is 10.9. The van der Waals surface area contributed by atoms with Crippen molar-refractivity contribution in [1.82, 2.24) is 15.3 Å². The molecule has 2 heterocycles. The van der Waals surface area contributed by atoms with Crippen LogP contribution in [0.3, 0.4) is 0 Å². The summed E-state index contributed by atoms with van der Waals surface area (Å²) in [5.74, 6) is 0.386. The first-order chi connectivity index (χ1) is 17.4. The molecule has 2 aromatic heterocycles. The van der Waals surface area contributed by atoms with Gasteiger partial charge in [0.1, 0.15) is 22.8 Å². The Morgan fingerprint density at radius 1 is 1.19 bits per heavy atom. The van der Waals surface area contributed by atoms with E-state index in [0.717, 1.165) is 23.2 Å². The predicted molar refractivity (Wildman–Crippen MR) is 139 cm³/mol. The van der Waals surface area contributed by atoms with Gasteiger partial charge >= 0.3 is 0 Å². The maximum atomic E-state index is 13.5. The number of halogens is 1. The number of hydrogen-bond acceptors (Lipinski definition) is 6. The van der Waals surface area contributed by atoms with Crippen LogP contribution in [-0.4, -0.2) is 28.0 Å². The second kappa shape index (κ2) is 10.9. The van der Waals surface area contributed by atoms with Crippen molar-refractivity contribution in [2.24, 2.45) is 0 Å². The lowest BCUT2D eigenvalue weighted by atomic mass is 10.1. The van der Waals surface area contributed by atoms with Crippen LogP contribution in [0.4, 0.5) is 10.1 Å². The third kappa shape index (κ3) is 5.49. The Balaban J connectivity index is 1.54. The lowest BCUT2D eigenvalue weighted by Crippen LogP contribution is -2.16. The maximum absolute atomic E-state index is 13.5. The van der Waals surface area contributed by atoms with E-state index in [2.05, 4.69) is 16.9 Å². The minimum Gasteiger partial charge on any atom is -0.491 e. The van der Waals surface area contributed by atoms with Crippen molar-refractivity contribution in [2.75, 3.05) is 13.2 Å². The van der Waals surface area contributed by atoms with Crippen LogP contribution in [0, 0.1) is 22.9 Å². The Morgan fingerprint density at radius 3 is 2.69 bits per heavy atom. The zero-order chi connectivity index (χ0) is 25.7. The molecule has 36 heavy (non-hydrogen) atoms. The van der Waals surface area contributed by atoms with Crippen molar-refractivity contribution in [3.05, 3.63) is 100 Å². The summed E-state index contributed by atoms with van der Waals surface area (Å²) in [5.41, 5.74) is 4.72. The van der Waals surface area contributed by atoms with Crippen LogP contribution in [0.5, 0.6) is 5.75 Å². The van der Waals surface area contributed by atoms with Gasteiger partial charge in [0, 0.05) is 53.1 Å². The summed E-state index contributed by atoms with van der Waals surface area (Å²) in [6.45, 7) is 9.15. The SMILES string of the molecule is C=C(NCCc1cc(C)c(OCCC)c(-c2ccc(F)cc2)n1)c1cc([N+](=O)[O-])c2ncccc2c1. The van der Waals surface area contributed by atoms with Gasteiger partial charge in [-0.05, 0) is 61.4 Å². The number of fused-ring (bicyclic) bond motifs is 1. The summed E-state index contributed by atoms with van der Waals surface area (Å²) in [5, 5.41) is 15.5. The van der Waals surface area contributed by atoms with E-state index in [4.69, 9.17) is 9.72 Å². The van der Waals surface area contributed by atoms with Gasteiger partial charge in [-0.2, -0.15) is 0 Å². The number of aryl methyl sites for hydroxylation is 1. The molecule has 0 atom stereocenters. The van der Waals surface area contributed by atoms with E-state index in [1.165, 1.54) is 24.4 Å². The van der Waals surface area contributed by atoms with Crippen molar-refractivity contribution < 1.29 is 14.1 Å². The number of nitrogens with zero attached hydrogens (tertiary/aromatic N) is 3. The van der Waals surface area contributed by atoms with Crippen molar-refractivity contribution in [1.29, 1.82) is 0 Å². The highest BCUT2D eigenvalue weighted by Gasteiger charge is 2.17. The van der Waals surface area contributed by atoms with Gasteiger partial charge in [-0.25, -0.2) is 14.4 Å². The molecule has 184 valence electrons. The standard InChI is InChI=1S/C28H27FN4O3/c1-4-14-36-28-18(2)15-24(32-27(28)20-7-9-23(29)10-8-20)11-13-30-19(3)22-16-21-6-5-12-31-26(21)25(17-22)33(34)35/h5-10,12,15-17,30H,3-4,11,13-14H2,1-2H3. The van der Waals surface area contributed by atoms with Crippen molar-refractivity contribution in [3.63, 3.8) is 0 Å². The molecule has 8 heteroatoms. The smallest absolute Gasteiger partial charge is 0.296 e. The third-order valence-electron chi connectivity index (χ3n) is 5.73. The predicted octanol–water partition coefficient (Wildman–Crippen LogP) is 6.24. The molecular weight excluding hydrogens is 459 g/mol. The molecule has 0 aliphatic heterocycles. The number of non-ortho nitro benzene ring substituents is 1. The monoisotopic (exact) mass is 486 g/mol. The number of benzene rings is 2. The molecule has 0 saturated heterocycles. The number of aromatic nitrogens is 2. The van der Waals surface area contributed by atoms with Crippen LogP contribution in [0.1, 0.15) is 30.2 Å². The van der Waals surface area contributed by atoms with Gasteiger partial charge in [0.2, 0.25) is 0 Å². The summed E-state index contributed by atoms with van der Waals surface area (Å²) in [6.07, 6.45) is 2.98. The molecule has 0 unspecified atom stereocenters. The fourth-order valence-electron chi connectivity index (χ4n) is 3.98. The van der Waals surface area contributed by atoms with E-state index < -0.39 is 4.92 Å². The van der Waals surface area contributed by atoms with Crippen LogP contribution in [0.15, 0.2) is 67.4 Å². The molecule has 0 spiro atoms. The van der Waals surface area contributed by atoms with Crippen LogP contribution < -0.4 is 10.1 Å². The van der Waals surface area contributed by atoms with Crippen molar-refractivity contribution in [3.8, 4) is 17.0 Å². The van der Waals surface area contributed by atoms with E-state index >= 15 is 0 Å². The fraction of sp³-hybridized carbons (Fsp3) is 0.214. The Labute approximate surface area is 208 Å². The summed E-state index contributed by atoms with van der Waals surface area (Å²) in [4.78, 5) is 20.1. The van der Waals surface area contributed by atoms with E-state index in [1.807, 2.05) is 26.0 Å². The minimum atomic E-state index is -0.433. The first kappa shape index (κ1) is 24.8. The van der Waals surface area contributed by atoms with Gasteiger partial charge in [0.25, 0.3) is 5.69 Å². The molecule has 4 rings (SSSR count). The van der Waals surface area contributed by atoms with Gasteiger partial charge < -0.3 is 10.1 Å². The number of nitrogens with one attached hydrogen (secondary N) is 1. The molecule has 4 aromatic rings. The maximum Gasteiger partial charge on any atom is 0.296 e. The van der Waals surface area contributed by atoms with Crippen LogP contribution in [0.2, 0.25) is 0 Å². The summed E-state index contributed by atoms with van der Waals surface area (Å²) < 4.78 is 19.5. The zero-order valence-corrected chi connectivity index (χ0v) is 20.3. The molecule has 2 aromatic carbocycles. The lowest BCUT2D eigenvalue weighted by Gasteiger charge is -2.16. The highest BCUT2D eigenvalue weighted by atomic mass is 19.1. The van der Waals surface area contributed by atoms with Crippen LogP contribution in [0.25, 0.3) is 27.9 Å². The molecule has 0 amide bonds. The molecule has 0 aliphatic carbocycles. The number of ether oxygens (including phenoxy) is 1. The molecule has 0 saturated carbocycles. The number of pyridine rings is 2. The van der Waals surface area contributed by atoms with Crippen LogP contribution >= 0.6 is 0 Å². The summed E-state index contributed by atoms with van der Waals surface area (Å²) in [7, 11) is 0. The van der Waals surface area contributed by atoms with Gasteiger partial charge in [-0.3, -0.25) is 10.1 Å². The van der Waals surface area contributed by atoms with Gasteiger partial charge in [-0.15, -0.1) is 0 Å². The Kier molecular flexibility index (Phi) is 7.53. The Morgan fingerprint density at radius 2 is 1.97 bits per heavy atom. The van der Waals surface area contributed by atoms with Gasteiger partial charge in [0.05, 0.1) is 11.5 Å². The second-order valence-corrected chi connectivity index (χ2v) is 8.45. The highest BCUT2D eigenvalue weighted by molar-refractivity contribution is 5.90. The number of nitro groups is 1. The van der Waals surface area contributed by atoms with Crippen molar-refractivity contribution in [2.45, 2.75) is 26.7 Å². The van der Waals surface area contributed by atoms with Crippen LogP contribution in [-0.2, 0) is 6.42 Å². The zero-order valence-electron chi connectivity index (χ0n) is 20.3. The average Bonchev–Trinajstić information content (AvgIpc) is 2.87. The average molecular weight is 487 g/mol. The summed E-state index contributed by atoms with van der Waals surface area (Å²) >= 11 is 0. The highest BCUT2D eigenvalue weighted by Crippen LogP contribution is 2.33. The third-order valence-corrected chi connectivity index (χ3v) is 5.73. The van der Waals surface area contributed by atoms with Gasteiger partial charge in [0.15, 0.2) is 0 Å². The fourth-order valence-corrected chi connectivity index (χ4v) is 3.98. The van der Waals surface area contributed by atoms with Gasteiger partial charge in [-0.1, -0.05) is 19.6 Å². The molecule has 0 aliphatic rings. The van der Waals surface area contributed by atoms with E-state index in [0.29, 0.717) is 53.2 Å². The molecule has 1 N–H and O–H groups in total. The Bertz CT molecular complexity index is 1420. The van der Waals surface area contributed by atoms with E-state index in [1.54, 1.807) is 24.3 Å². The first-order valence-corrected chi connectivity index (χ1v) is 11.7. The minimum absolute atomic E-state index is 0.0602. The largest absolute Gasteiger partial charge is 0.491 e. The topological polar surface area (TPSA) is 90.2 Å². The first-order valence-electron chi connectivity index (χ1n) is 11.7. The molecule has 0 fully saturated rings. The second-order valence-electron chi connectivity index (χ2n) is 8.45. The molecule has 0 radical (unpaired) electrons. The van der Waals surface area contributed by atoms with E-state index in [9.17, 15) is 14.5 Å². The number of rotatable bonds is 10. The quantitative estimate of drug-likeness (QED) is 0.211. The molecule has 0 bridgehead atoms. The number of hydrogen-bond donors (Lipinski definition) is 1. The summed E-state index contributed by atoms with van der Waals surface area (Å²) in [6, 6.07) is 15.0. The molecule has 7 nitrogen and oxygen atoms in total. The molecular formula is C28H27FN4O3.